The first-order chi connectivity index (χ1) is 8.54. The fourth-order valence-electron chi connectivity index (χ4n) is 1.56. The minimum Gasteiger partial charge on any atom is -0.344 e. The predicted molar refractivity (Wildman–Crippen MR) is 83.6 cm³/mol. The van der Waals surface area contributed by atoms with E-state index in [9.17, 15) is 4.79 Å². The van der Waals surface area contributed by atoms with Gasteiger partial charge in [-0.1, -0.05) is 29.3 Å². The van der Waals surface area contributed by atoms with E-state index >= 15 is 0 Å². The molecular formula is C13H19Cl3N2O. The Morgan fingerprint density at radius 3 is 2.63 bits per heavy atom. The van der Waals surface area contributed by atoms with Crippen LogP contribution in [0.5, 0.6) is 0 Å². The molecule has 0 saturated heterocycles. The summed E-state index contributed by atoms with van der Waals surface area (Å²) >= 11 is 11.9. The summed E-state index contributed by atoms with van der Waals surface area (Å²) in [6.07, 6.45) is 1.10. The predicted octanol–water partition coefficient (Wildman–Crippen LogP) is 3.03. The van der Waals surface area contributed by atoms with E-state index < -0.39 is 0 Å². The molecule has 1 amide bonds. The first kappa shape index (κ1) is 18.5. The van der Waals surface area contributed by atoms with Crippen LogP contribution in [0.4, 0.5) is 0 Å². The van der Waals surface area contributed by atoms with Crippen molar-refractivity contribution in [3.05, 3.63) is 33.8 Å². The zero-order valence-electron chi connectivity index (χ0n) is 11.1. The monoisotopic (exact) mass is 324 g/mol. The second kappa shape index (κ2) is 9.43. The number of hydrogen-bond acceptors (Lipinski definition) is 2. The Balaban J connectivity index is 0.00000324. The molecule has 6 heteroatoms. The number of amides is 1. The quantitative estimate of drug-likeness (QED) is 0.872. The van der Waals surface area contributed by atoms with Gasteiger partial charge in [0.05, 0.1) is 0 Å². The van der Waals surface area contributed by atoms with Crippen molar-refractivity contribution in [3.63, 3.8) is 0 Å². The lowest BCUT2D eigenvalue weighted by Gasteiger charge is -2.17. The van der Waals surface area contributed by atoms with E-state index in [4.69, 9.17) is 23.2 Å². The molecule has 1 aromatic carbocycles. The Bertz CT molecular complexity index is 413. The molecule has 1 rings (SSSR count). The molecule has 1 N–H and O–H groups in total. The first-order valence-corrected chi connectivity index (χ1v) is 6.62. The van der Waals surface area contributed by atoms with Crippen LogP contribution in [0.15, 0.2) is 18.2 Å². The highest BCUT2D eigenvalue weighted by atomic mass is 35.5. The third-order valence-electron chi connectivity index (χ3n) is 2.75. The summed E-state index contributed by atoms with van der Waals surface area (Å²) in [4.78, 5) is 13.6. The summed E-state index contributed by atoms with van der Waals surface area (Å²) < 4.78 is 0. The lowest BCUT2D eigenvalue weighted by Crippen LogP contribution is -2.32. The average molecular weight is 326 g/mol. The summed E-state index contributed by atoms with van der Waals surface area (Å²) in [5.41, 5.74) is 0.955. The number of aryl methyl sites for hydroxylation is 1. The smallest absolute Gasteiger partial charge is 0.222 e. The topological polar surface area (TPSA) is 32.3 Å². The molecule has 0 heterocycles. The second-order valence-electron chi connectivity index (χ2n) is 4.15. The molecule has 0 aliphatic heterocycles. The van der Waals surface area contributed by atoms with Gasteiger partial charge >= 0.3 is 0 Å². The fourth-order valence-corrected chi connectivity index (χ4v) is 2.06. The standard InChI is InChI=1S/C13H18Cl2N2O.ClH/c1-16-7-8-17(2)13(18)6-4-10-3-5-11(14)9-12(10)15;/h3,5,9,16H,4,6-8H2,1-2H3;1H. The average Bonchev–Trinajstić information content (AvgIpc) is 2.34. The Labute approximate surface area is 130 Å². The highest BCUT2D eigenvalue weighted by Crippen LogP contribution is 2.22. The Hall–Kier alpha value is -0.480. The number of halogens is 3. The molecular weight excluding hydrogens is 307 g/mol. The zero-order chi connectivity index (χ0) is 13.5. The fraction of sp³-hybridized carbons (Fsp3) is 0.462. The van der Waals surface area contributed by atoms with E-state index in [2.05, 4.69) is 5.32 Å². The highest BCUT2D eigenvalue weighted by Gasteiger charge is 2.09. The third-order valence-corrected chi connectivity index (χ3v) is 3.33. The van der Waals surface area contributed by atoms with Crippen LogP contribution >= 0.6 is 35.6 Å². The van der Waals surface area contributed by atoms with Gasteiger partial charge in [-0.25, -0.2) is 0 Å². The molecule has 0 radical (unpaired) electrons. The number of carbonyl (C=O) groups is 1. The van der Waals surface area contributed by atoms with Crippen LogP contribution < -0.4 is 5.32 Å². The van der Waals surface area contributed by atoms with Gasteiger partial charge in [0, 0.05) is 36.6 Å². The highest BCUT2D eigenvalue weighted by molar-refractivity contribution is 6.35. The Morgan fingerprint density at radius 1 is 1.37 bits per heavy atom. The molecule has 3 nitrogen and oxygen atoms in total. The SMILES string of the molecule is CNCCN(C)C(=O)CCc1ccc(Cl)cc1Cl.Cl. The van der Waals surface area contributed by atoms with Crippen LogP contribution in [0.25, 0.3) is 0 Å². The number of likely N-dealkylation sites (N-methyl/N-ethyl adjacent to an activating group) is 2. The summed E-state index contributed by atoms with van der Waals surface area (Å²) in [6.45, 7) is 1.51. The maximum Gasteiger partial charge on any atom is 0.222 e. The molecule has 0 aromatic heterocycles. The van der Waals surface area contributed by atoms with E-state index in [1.165, 1.54) is 0 Å². The van der Waals surface area contributed by atoms with E-state index in [1.807, 2.05) is 20.2 Å². The minimum atomic E-state index is 0. The third kappa shape index (κ3) is 6.48. The van der Waals surface area contributed by atoms with Gasteiger partial charge in [-0.3, -0.25) is 4.79 Å². The molecule has 0 fully saturated rings. The van der Waals surface area contributed by atoms with Crippen molar-refractivity contribution in [2.45, 2.75) is 12.8 Å². The van der Waals surface area contributed by atoms with Crippen LogP contribution in [-0.2, 0) is 11.2 Å². The van der Waals surface area contributed by atoms with Gasteiger partial charge in [-0.05, 0) is 31.2 Å². The van der Waals surface area contributed by atoms with Crippen molar-refractivity contribution >= 4 is 41.5 Å². The number of hydrogen-bond donors (Lipinski definition) is 1. The molecule has 0 spiro atoms. The number of nitrogens with zero attached hydrogens (tertiary/aromatic N) is 1. The molecule has 0 aliphatic carbocycles. The molecule has 0 aliphatic rings. The van der Waals surface area contributed by atoms with Crippen molar-refractivity contribution in [1.29, 1.82) is 0 Å². The van der Waals surface area contributed by atoms with Crippen molar-refractivity contribution < 1.29 is 4.79 Å². The zero-order valence-corrected chi connectivity index (χ0v) is 13.4. The van der Waals surface area contributed by atoms with Gasteiger partial charge in [-0.15, -0.1) is 12.4 Å². The van der Waals surface area contributed by atoms with Crippen LogP contribution in [0, 0.1) is 0 Å². The van der Waals surface area contributed by atoms with E-state index in [0.29, 0.717) is 29.4 Å². The Kier molecular flexibility index (Phi) is 9.19. The molecule has 0 unspecified atom stereocenters. The first-order valence-electron chi connectivity index (χ1n) is 5.87. The van der Waals surface area contributed by atoms with E-state index in [-0.39, 0.29) is 18.3 Å². The largest absolute Gasteiger partial charge is 0.344 e. The molecule has 0 atom stereocenters. The molecule has 0 saturated carbocycles. The number of benzene rings is 1. The van der Waals surface area contributed by atoms with Crippen LogP contribution in [-0.4, -0.2) is 38.0 Å². The number of rotatable bonds is 6. The van der Waals surface area contributed by atoms with Gasteiger partial charge in [0.1, 0.15) is 0 Å². The summed E-state index contributed by atoms with van der Waals surface area (Å²) in [7, 11) is 3.68. The summed E-state index contributed by atoms with van der Waals surface area (Å²) in [5, 5.41) is 4.24. The molecule has 108 valence electrons. The van der Waals surface area contributed by atoms with Crippen LogP contribution in [0.2, 0.25) is 10.0 Å². The van der Waals surface area contributed by atoms with Gasteiger partial charge < -0.3 is 10.2 Å². The summed E-state index contributed by atoms with van der Waals surface area (Å²) in [6, 6.07) is 5.36. The number of carbonyl (C=O) groups excluding carboxylic acids is 1. The number of nitrogens with one attached hydrogen (secondary N) is 1. The van der Waals surface area contributed by atoms with Crippen molar-refractivity contribution in [2.75, 3.05) is 27.2 Å². The maximum atomic E-state index is 11.8. The molecule has 0 bridgehead atoms. The second-order valence-corrected chi connectivity index (χ2v) is 5.00. The Morgan fingerprint density at radius 2 is 2.05 bits per heavy atom. The summed E-state index contributed by atoms with van der Waals surface area (Å²) in [5.74, 6) is 0.122. The van der Waals surface area contributed by atoms with Gasteiger partial charge in [0.25, 0.3) is 0 Å². The van der Waals surface area contributed by atoms with Crippen LogP contribution in [0.3, 0.4) is 0 Å². The van der Waals surface area contributed by atoms with Gasteiger partial charge in [-0.2, -0.15) is 0 Å². The van der Waals surface area contributed by atoms with E-state index in [1.54, 1.807) is 17.0 Å². The lowest BCUT2D eigenvalue weighted by molar-refractivity contribution is -0.129. The molecule has 1 aromatic rings. The van der Waals surface area contributed by atoms with Gasteiger partial charge in [0.2, 0.25) is 5.91 Å². The van der Waals surface area contributed by atoms with Crippen molar-refractivity contribution in [2.24, 2.45) is 0 Å². The molecule has 19 heavy (non-hydrogen) atoms. The maximum absolute atomic E-state index is 11.8. The minimum absolute atomic E-state index is 0. The van der Waals surface area contributed by atoms with Crippen molar-refractivity contribution in [3.8, 4) is 0 Å². The van der Waals surface area contributed by atoms with Gasteiger partial charge in [0.15, 0.2) is 0 Å². The van der Waals surface area contributed by atoms with Crippen molar-refractivity contribution in [1.82, 2.24) is 10.2 Å². The lowest BCUT2D eigenvalue weighted by atomic mass is 10.1. The van der Waals surface area contributed by atoms with E-state index in [0.717, 1.165) is 12.1 Å². The van der Waals surface area contributed by atoms with Crippen LogP contribution in [0.1, 0.15) is 12.0 Å². The normalized spacial score (nSPS) is 9.89.